The molecule has 1 fully saturated rings. The van der Waals surface area contributed by atoms with Gasteiger partial charge >= 0.3 is 0 Å². The molecule has 2 unspecified atom stereocenters. The molecule has 2 atom stereocenters. The number of benzene rings is 1. The van der Waals surface area contributed by atoms with E-state index in [-0.39, 0.29) is 12.2 Å². The zero-order valence-corrected chi connectivity index (χ0v) is 12.7. The Hall–Kier alpha value is -0.430. The van der Waals surface area contributed by atoms with E-state index in [0.717, 1.165) is 0 Å². The van der Waals surface area contributed by atoms with Gasteiger partial charge in [-0.25, -0.2) is 8.42 Å². The molecule has 0 amide bonds. The highest BCUT2D eigenvalue weighted by Gasteiger charge is 2.32. The Balaban J connectivity index is 2.34. The molecule has 1 saturated heterocycles. The van der Waals surface area contributed by atoms with E-state index in [4.69, 9.17) is 4.74 Å². The van der Waals surface area contributed by atoms with Crippen LogP contribution in [0.25, 0.3) is 0 Å². The van der Waals surface area contributed by atoms with E-state index in [9.17, 15) is 8.42 Å². The first-order valence-electron chi connectivity index (χ1n) is 5.81. The van der Waals surface area contributed by atoms with E-state index >= 15 is 0 Å². The first-order chi connectivity index (χ1) is 8.41. The number of rotatable bonds is 2. The maximum absolute atomic E-state index is 12.5. The molecule has 1 aromatic carbocycles. The van der Waals surface area contributed by atoms with Gasteiger partial charge < -0.3 is 4.74 Å². The zero-order chi connectivity index (χ0) is 13.3. The second kappa shape index (κ2) is 5.28. The molecule has 18 heavy (non-hydrogen) atoms. The van der Waals surface area contributed by atoms with Crippen molar-refractivity contribution in [3.63, 3.8) is 0 Å². The van der Waals surface area contributed by atoms with Crippen molar-refractivity contribution < 1.29 is 13.2 Å². The minimum atomic E-state index is -3.45. The van der Waals surface area contributed by atoms with E-state index < -0.39 is 10.0 Å². The Bertz CT molecular complexity index is 522. The quantitative estimate of drug-likeness (QED) is 0.833. The number of hydrogen-bond donors (Lipinski definition) is 0. The van der Waals surface area contributed by atoms with Crippen LogP contribution in [-0.4, -0.2) is 38.0 Å². The molecule has 0 bridgehead atoms. The van der Waals surface area contributed by atoms with Crippen LogP contribution < -0.4 is 0 Å². The van der Waals surface area contributed by atoms with Crippen LogP contribution in [0.15, 0.2) is 33.6 Å². The van der Waals surface area contributed by atoms with Crippen LogP contribution in [0.4, 0.5) is 0 Å². The highest BCUT2D eigenvalue weighted by molar-refractivity contribution is 9.10. The summed E-state index contributed by atoms with van der Waals surface area (Å²) in [5.74, 6) is 0. The summed E-state index contributed by atoms with van der Waals surface area (Å²) in [6, 6.07) is 6.88. The van der Waals surface area contributed by atoms with E-state index in [1.807, 2.05) is 13.8 Å². The fourth-order valence-electron chi connectivity index (χ4n) is 2.12. The molecule has 6 heteroatoms. The molecule has 100 valence electrons. The second-order valence-electron chi connectivity index (χ2n) is 4.51. The molecule has 0 spiro atoms. The predicted molar refractivity (Wildman–Crippen MR) is 72.9 cm³/mol. The van der Waals surface area contributed by atoms with E-state index in [1.54, 1.807) is 24.3 Å². The zero-order valence-electron chi connectivity index (χ0n) is 10.3. The first kappa shape index (κ1) is 14.0. The highest BCUT2D eigenvalue weighted by atomic mass is 79.9. The van der Waals surface area contributed by atoms with Crippen molar-refractivity contribution in [1.82, 2.24) is 4.31 Å². The summed E-state index contributed by atoms with van der Waals surface area (Å²) in [6.45, 7) is 4.57. The molecule has 4 nitrogen and oxygen atoms in total. The fourth-order valence-corrected chi connectivity index (χ4v) is 4.67. The number of halogens is 1. The molecule has 1 aliphatic rings. The van der Waals surface area contributed by atoms with Gasteiger partial charge in [0, 0.05) is 17.6 Å². The fraction of sp³-hybridized carbons (Fsp3) is 0.500. The molecule has 1 aliphatic heterocycles. The Morgan fingerprint density at radius 2 is 1.78 bits per heavy atom. The number of morpholine rings is 1. The molecular weight excluding hydrogens is 318 g/mol. The van der Waals surface area contributed by atoms with E-state index in [1.165, 1.54) is 4.31 Å². The molecule has 0 aromatic heterocycles. The van der Waals surface area contributed by atoms with Crippen LogP contribution in [0.1, 0.15) is 13.8 Å². The third kappa shape index (κ3) is 2.77. The van der Waals surface area contributed by atoms with Crippen molar-refractivity contribution >= 4 is 26.0 Å². The van der Waals surface area contributed by atoms with Gasteiger partial charge in [0.1, 0.15) is 0 Å². The smallest absolute Gasteiger partial charge is 0.244 e. The van der Waals surface area contributed by atoms with Crippen LogP contribution in [0, 0.1) is 0 Å². The summed E-state index contributed by atoms with van der Waals surface area (Å²) in [5, 5.41) is 0. The topological polar surface area (TPSA) is 46.6 Å². The van der Waals surface area contributed by atoms with Gasteiger partial charge in [-0.2, -0.15) is 4.31 Å². The lowest BCUT2D eigenvalue weighted by Gasteiger charge is -2.34. The highest BCUT2D eigenvalue weighted by Crippen LogP contribution is 2.26. The first-order valence-corrected chi connectivity index (χ1v) is 8.04. The number of sulfonamides is 1. The monoisotopic (exact) mass is 333 g/mol. The van der Waals surface area contributed by atoms with Gasteiger partial charge in [0.05, 0.1) is 17.1 Å². The van der Waals surface area contributed by atoms with E-state index in [0.29, 0.717) is 22.5 Å². The third-order valence-electron chi connectivity index (χ3n) is 2.84. The average molecular weight is 334 g/mol. The molecule has 0 N–H and O–H groups in total. The largest absolute Gasteiger partial charge is 0.373 e. The Labute approximate surface area is 116 Å². The minimum absolute atomic E-state index is 0.0778. The van der Waals surface area contributed by atoms with Crippen molar-refractivity contribution in [2.75, 3.05) is 13.1 Å². The average Bonchev–Trinajstić information content (AvgIpc) is 2.28. The van der Waals surface area contributed by atoms with Crippen molar-refractivity contribution in [1.29, 1.82) is 0 Å². The lowest BCUT2D eigenvalue weighted by molar-refractivity contribution is -0.0440. The number of ether oxygens (including phenoxy) is 1. The van der Waals surface area contributed by atoms with Gasteiger partial charge in [-0.15, -0.1) is 0 Å². The maximum atomic E-state index is 12.5. The molecule has 0 aliphatic carbocycles. The summed E-state index contributed by atoms with van der Waals surface area (Å²) in [4.78, 5) is 0.311. The van der Waals surface area contributed by atoms with Crippen LogP contribution in [0.3, 0.4) is 0 Å². The summed E-state index contributed by atoms with van der Waals surface area (Å²) in [7, 11) is -3.45. The molecule has 1 heterocycles. The lowest BCUT2D eigenvalue weighted by Crippen LogP contribution is -2.48. The van der Waals surface area contributed by atoms with Gasteiger partial charge in [-0.05, 0) is 41.9 Å². The summed E-state index contributed by atoms with van der Waals surface area (Å²) in [5.41, 5.74) is 0. The third-order valence-corrected chi connectivity index (χ3v) is 5.68. The van der Waals surface area contributed by atoms with E-state index in [2.05, 4.69) is 15.9 Å². The Morgan fingerprint density at radius 1 is 1.22 bits per heavy atom. The summed E-state index contributed by atoms with van der Waals surface area (Å²) >= 11 is 3.29. The minimum Gasteiger partial charge on any atom is -0.373 e. The van der Waals surface area contributed by atoms with Gasteiger partial charge in [-0.1, -0.05) is 12.1 Å². The SMILES string of the molecule is CC1CN(S(=O)(=O)c2ccccc2Br)CC(C)O1. The van der Waals surface area contributed by atoms with Gasteiger partial charge in [0.2, 0.25) is 10.0 Å². The number of hydrogen-bond acceptors (Lipinski definition) is 3. The van der Waals surface area contributed by atoms with Gasteiger partial charge in [0.15, 0.2) is 0 Å². The molecule has 2 rings (SSSR count). The van der Waals surface area contributed by atoms with Crippen LogP contribution in [-0.2, 0) is 14.8 Å². The molecule has 0 radical (unpaired) electrons. The second-order valence-corrected chi connectivity index (χ2v) is 7.27. The van der Waals surface area contributed by atoms with Crippen LogP contribution >= 0.6 is 15.9 Å². The maximum Gasteiger partial charge on any atom is 0.244 e. The summed E-state index contributed by atoms with van der Waals surface area (Å²) < 4.78 is 32.7. The molecule has 0 saturated carbocycles. The van der Waals surface area contributed by atoms with Crippen molar-refractivity contribution in [3.8, 4) is 0 Å². The van der Waals surface area contributed by atoms with Crippen molar-refractivity contribution in [2.24, 2.45) is 0 Å². The molecular formula is C12H16BrNO3S. The molecule has 1 aromatic rings. The van der Waals surface area contributed by atoms with Gasteiger partial charge in [-0.3, -0.25) is 0 Å². The van der Waals surface area contributed by atoms with Gasteiger partial charge in [0.25, 0.3) is 0 Å². The lowest BCUT2D eigenvalue weighted by atomic mass is 10.3. The van der Waals surface area contributed by atoms with Crippen molar-refractivity contribution in [3.05, 3.63) is 28.7 Å². The predicted octanol–water partition coefficient (Wildman–Crippen LogP) is 2.25. The van der Waals surface area contributed by atoms with Crippen LogP contribution in [0.5, 0.6) is 0 Å². The summed E-state index contributed by atoms with van der Waals surface area (Å²) in [6.07, 6.45) is -0.156. The Kier molecular flexibility index (Phi) is 4.11. The normalized spacial score (nSPS) is 26.2. The Morgan fingerprint density at radius 3 is 2.33 bits per heavy atom. The number of nitrogens with zero attached hydrogens (tertiary/aromatic N) is 1. The van der Waals surface area contributed by atoms with Crippen LogP contribution in [0.2, 0.25) is 0 Å². The standard InChI is InChI=1S/C12H16BrNO3S/c1-9-7-14(8-10(2)17-9)18(15,16)12-6-4-3-5-11(12)13/h3-6,9-10H,7-8H2,1-2H3. The van der Waals surface area contributed by atoms with Crippen molar-refractivity contribution in [2.45, 2.75) is 31.0 Å².